The first-order valence-electron chi connectivity index (χ1n) is 3.33. The van der Waals surface area contributed by atoms with E-state index < -0.39 is 39.8 Å². The molecule has 0 fully saturated rings. The molecule has 0 aromatic carbocycles. The van der Waals surface area contributed by atoms with Crippen LogP contribution in [0.25, 0.3) is 0 Å². The summed E-state index contributed by atoms with van der Waals surface area (Å²) in [6, 6.07) is 0. The Morgan fingerprint density at radius 2 is 1.20 bits per heavy atom. The van der Waals surface area contributed by atoms with Crippen LogP contribution < -0.4 is 10.2 Å². The van der Waals surface area contributed by atoms with E-state index in [1.807, 2.05) is 0 Å². The molecule has 0 aromatic heterocycles. The molecule has 0 unspecified atom stereocenters. The van der Waals surface area contributed by atoms with Gasteiger partial charge in [0.15, 0.2) is 0 Å². The zero-order chi connectivity index (χ0) is 12.7. The summed E-state index contributed by atoms with van der Waals surface area (Å²) in [4.78, 5) is 18.7. The van der Waals surface area contributed by atoms with Crippen LogP contribution in [0.15, 0.2) is 0 Å². The Labute approximate surface area is 101 Å². The van der Waals surface area contributed by atoms with Gasteiger partial charge in [-0.2, -0.15) is 0 Å². The summed E-state index contributed by atoms with van der Waals surface area (Å²) in [5, 5.41) is 18.7. The summed E-state index contributed by atoms with van der Waals surface area (Å²) in [7, 11) is 2.60. The van der Waals surface area contributed by atoms with E-state index >= 15 is 0 Å². The van der Waals surface area contributed by atoms with Crippen LogP contribution in [-0.4, -0.2) is 39.4 Å². The summed E-state index contributed by atoms with van der Waals surface area (Å²) in [6.45, 7) is -0.639. The Bertz CT molecular complexity index is 181. The van der Waals surface area contributed by atoms with Crippen LogP contribution in [0, 0.1) is 27.8 Å². The third-order valence-electron chi connectivity index (χ3n) is 0.524. The summed E-state index contributed by atoms with van der Waals surface area (Å²) in [5.41, 5.74) is 0. The molecule has 15 heavy (non-hydrogen) atoms. The van der Waals surface area contributed by atoms with Crippen LogP contribution >= 0.6 is 0 Å². The van der Waals surface area contributed by atoms with Crippen molar-refractivity contribution in [2.24, 2.45) is 0 Å². The summed E-state index contributed by atoms with van der Waals surface area (Å²) in [5.74, 6) is -2.37. The van der Waals surface area contributed by atoms with Gasteiger partial charge in [0.05, 0.1) is 25.2 Å². The van der Waals surface area contributed by atoms with Gasteiger partial charge in [0.2, 0.25) is 0 Å². The van der Waals surface area contributed by atoms with Crippen molar-refractivity contribution in [1.82, 2.24) is 0 Å². The molecule has 0 aliphatic rings. The number of ether oxygens (including phenoxy) is 2. The molecular formula is C6H10O8U. The number of rotatable bonds is 4. The second-order valence-electron chi connectivity index (χ2n) is 1.69. The molecular weight excluding hydrogens is 438 g/mol. The quantitative estimate of drug-likeness (QED) is 0.434. The summed E-state index contributed by atoms with van der Waals surface area (Å²) >= 11 is -2.51. The number of carboxylic acid groups (broad SMARTS) is 2. The minimum atomic E-state index is -2.51. The molecule has 0 aliphatic carbocycles. The van der Waals surface area contributed by atoms with Crippen LogP contribution in [0.1, 0.15) is 0 Å². The van der Waals surface area contributed by atoms with Crippen LogP contribution in [0.3, 0.4) is 0 Å². The van der Waals surface area contributed by atoms with Gasteiger partial charge in [0, 0.05) is 14.2 Å². The molecule has 0 atom stereocenters. The van der Waals surface area contributed by atoms with Crippen molar-refractivity contribution >= 4 is 11.9 Å². The van der Waals surface area contributed by atoms with Gasteiger partial charge in [0.25, 0.3) is 0 Å². The minimum absolute atomic E-state index is 0.319. The SMILES string of the molecule is COCC(=O)[O-].COCC(=O)[O-].[O]=[U+2]=[O]. The predicted octanol–water partition coefficient (Wildman–Crippen LogP) is -3.47. The van der Waals surface area contributed by atoms with Crippen molar-refractivity contribution in [3.05, 3.63) is 0 Å². The van der Waals surface area contributed by atoms with Crippen molar-refractivity contribution in [1.29, 1.82) is 0 Å². The predicted molar refractivity (Wildman–Crippen MR) is 35.1 cm³/mol. The fourth-order valence-electron chi connectivity index (χ4n) is 0.236. The first kappa shape index (κ1) is 20.0. The van der Waals surface area contributed by atoms with E-state index in [4.69, 9.17) is 4.47 Å². The van der Waals surface area contributed by atoms with Crippen molar-refractivity contribution < 1.29 is 61.6 Å². The van der Waals surface area contributed by atoms with Gasteiger partial charge in [-0.05, 0) is 0 Å². The number of carbonyl (C=O) groups is 2. The monoisotopic (exact) mass is 448 g/mol. The molecule has 0 saturated carbocycles. The zero-order valence-corrected chi connectivity index (χ0v) is 12.3. The van der Waals surface area contributed by atoms with E-state index in [0.717, 1.165) is 0 Å². The maximum absolute atomic E-state index is 9.36. The van der Waals surface area contributed by atoms with Crippen molar-refractivity contribution in [2.75, 3.05) is 27.4 Å². The molecule has 0 aromatic rings. The van der Waals surface area contributed by atoms with Gasteiger partial charge in [-0.3, -0.25) is 0 Å². The second-order valence-corrected chi connectivity index (χ2v) is 2.39. The van der Waals surface area contributed by atoms with Gasteiger partial charge < -0.3 is 29.3 Å². The Balaban J connectivity index is -0.000000153. The molecule has 0 aliphatic heterocycles. The molecule has 8 nitrogen and oxygen atoms in total. The molecule has 0 saturated heterocycles. The molecule has 0 N–H and O–H groups in total. The molecule has 9 heteroatoms. The first-order chi connectivity index (χ1) is 6.95. The number of aliphatic carboxylic acids is 2. The number of hydrogen-bond acceptors (Lipinski definition) is 8. The maximum atomic E-state index is 9.36. The number of carboxylic acids is 2. The first-order valence-corrected chi connectivity index (χ1v) is 6.73. The molecule has 0 amide bonds. The Hall–Kier alpha value is -0.488. The molecule has 0 radical (unpaired) electrons. The van der Waals surface area contributed by atoms with Crippen molar-refractivity contribution in [3.8, 4) is 0 Å². The zero-order valence-electron chi connectivity index (χ0n) is 8.18. The van der Waals surface area contributed by atoms with E-state index in [9.17, 15) is 19.8 Å². The van der Waals surface area contributed by atoms with Gasteiger partial charge >= 0.3 is 32.3 Å². The normalized spacial score (nSPS) is 7.07. The topological polar surface area (TPSA) is 133 Å². The fraction of sp³-hybridized carbons (Fsp3) is 0.667. The average Bonchev–Trinajstić information content (AvgIpc) is 2.05. The van der Waals surface area contributed by atoms with E-state index in [1.165, 1.54) is 14.2 Å². The van der Waals surface area contributed by atoms with Gasteiger partial charge in [-0.15, -0.1) is 0 Å². The average molecular weight is 448 g/mol. The van der Waals surface area contributed by atoms with E-state index in [0.29, 0.717) is 0 Å². The van der Waals surface area contributed by atoms with Crippen molar-refractivity contribution in [3.63, 3.8) is 0 Å². The molecule has 0 rings (SSSR count). The summed E-state index contributed by atoms with van der Waals surface area (Å²) < 4.78 is 25.5. The Kier molecular flexibility index (Phi) is 25.5. The Morgan fingerprint density at radius 3 is 1.20 bits per heavy atom. The number of methoxy groups -OCH3 is 2. The third kappa shape index (κ3) is 58.9. The molecule has 86 valence electrons. The van der Waals surface area contributed by atoms with Gasteiger partial charge in [0.1, 0.15) is 0 Å². The van der Waals surface area contributed by atoms with Crippen LogP contribution in [0.2, 0.25) is 0 Å². The molecule has 0 spiro atoms. The second kappa shape index (κ2) is 19.1. The Morgan fingerprint density at radius 1 is 1.00 bits per heavy atom. The third-order valence-corrected chi connectivity index (χ3v) is 0.524. The summed E-state index contributed by atoms with van der Waals surface area (Å²) in [6.07, 6.45) is 0. The fourth-order valence-corrected chi connectivity index (χ4v) is 0.236. The number of hydrogen-bond donors (Lipinski definition) is 0. The standard InChI is InChI=1S/2C3H6O3.2O.U/c2*1-6-2-3(4)5;;;/h2*2H2,1H3,(H,4,5);;;/q;;;;+2/p-2. The van der Waals surface area contributed by atoms with Crippen LogP contribution in [0.5, 0.6) is 0 Å². The van der Waals surface area contributed by atoms with Crippen LogP contribution in [-0.2, 0) is 23.5 Å². The van der Waals surface area contributed by atoms with Gasteiger partial charge in [-0.25, -0.2) is 0 Å². The molecule has 0 bridgehead atoms. The molecule has 0 heterocycles. The van der Waals surface area contributed by atoms with Crippen molar-refractivity contribution in [2.45, 2.75) is 0 Å². The van der Waals surface area contributed by atoms with E-state index in [1.54, 1.807) is 0 Å². The van der Waals surface area contributed by atoms with Crippen LogP contribution in [0.4, 0.5) is 0 Å². The van der Waals surface area contributed by atoms with Gasteiger partial charge in [-0.1, -0.05) is 0 Å². The number of carbonyl (C=O) groups excluding carboxylic acids is 2. The van der Waals surface area contributed by atoms with E-state index in [2.05, 4.69) is 9.47 Å². The van der Waals surface area contributed by atoms with E-state index in [-0.39, 0.29) is 13.2 Å².